The van der Waals surface area contributed by atoms with E-state index in [1.807, 2.05) is 30.3 Å². The normalized spacial score (nSPS) is 41.0. The van der Waals surface area contributed by atoms with E-state index in [1.165, 1.54) is 0 Å². The van der Waals surface area contributed by atoms with E-state index in [2.05, 4.69) is 6.58 Å². The lowest BCUT2D eigenvalue weighted by atomic mass is 10.0. The third-order valence-electron chi connectivity index (χ3n) is 3.97. The van der Waals surface area contributed by atoms with E-state index < -0.39 is 0 Å². The molecule has 0 unspecified atom stereocenters. The molecule has 3 aliphatic rings. The predicted octanol–water partition coefficient (Wildman–Crippen LogP) is 1.80. The second kappa shape index (κ2) is 5.51. The van der Waals surface area contributed by atoms with Crippen LogP contribution in [0.3, 0.4) is 0 Å². The van der Waals surface area contributed by atoms with E-state index >= 15 is 0 Å². The molecule has 0 N–H and O–H groups in total. The molecule has 0 radical (unpaired) electrons. The molecule has 0 aliphatic carbocycles. The number of epoxide rings is 1. The van der Waals surface area contributed by atoms with E-state index in [4.69, 9.17) is 23.7 Å². The summed E-state index contributed by atoms with van der Waals surface area (Å²) in [5, 5.41) is 0. The molecule has 5 heteroatoms. The molecule has 0 aromatic heterocycles. The fourth-order valence-corrected chi connectivity index (χ4v) is 2.90. The molecule has 4 rings (SSSR count). The van der Waals surface area contributed by atoms with Crippen molar-refractivity contribution in [2.45, 2.75) is 37.0 Å². The van der Waals surface area contributed by atoms with Gasteiger partial charge in [-0.2, -0.15) is 0 Å². The Hall–Kier alpha value is -1.24. The zero-order chi connectivity index (χ0) is 14.2. The lowest BCUT2D eigenvalue weighted by Crippen LogP contribution is -2.52. The first-order chi connectivity index (χ1) is 10.4. The van der Waals surface area contributed by atoms with Crippen molar-refractivity contribution in [2.24, 2.45) is 0 Å². The summed E-state index contributed by atoms with van der Waals surface area (Å²) < 4.78 is 28.9. The van der Waals surface area contributed by atoms with Gasteiger partial charge in [-0.1, -0.05) is 36.4 Å². The first-order valence-electron chi connectivity index (χ1n) is 7.22. The number of fused-ring (bicyclic) bond motifs is 3. The summed E-state index contributed by atoms with van der Waals surface area (Å²) in [5.41, 5.74) is 1.01. The molecule has 3 saturated heterocycles. The first kappa shape index (κ1) is 13.4. The monoisotopic (exact) mass is 290 g/mol. The smallest absolute Gasteiger partial charge is 0.187 e. The molecule has 1 aromatic carbocycles. The minimum absolute atomic E-state index is 0.0358. The number of hydrogen-bond donors (Lipinski definition) is 0. The van der Waals surface area contributed by atoms with Crippen LogP contribution in [-0.4, -0.2) is 43.9 Å². The van der Waals surface area contributed by atoms with Crippen molar-refractivity contribution in [2.75, 3.05) is 13.2 Å². The Labute approximate surface area is 123 Å². The van der Waals surface area contributed by atoms with Crippen LogP contribution in [0.25, 0.3) is 0 Å². The summed E-state index contributed by atoms with van der Waals surface area (Å²) in [5.74, 6) is 0. The van der Waals surface area contributed by atoms with Gasteiger partial charge in [0.15, 0.2) is 12.6 Å². The Bertz CT molecular complexity index is 505. The molecular weight excluding hydrogens is 272 g/mol. The quantitative estimate of drug-likeness (QED) is 0.625. The van der Waals surface area contributed by atoms with Gasteiger partial charge in [0.2, 0.25) is 0 Å². The minimum atomic E-state index is -0.355. The zero-order valence-corrected chi connectivity index (χ0v) is 11.6. The van der Waals surface area contributed by atoms with Crippen LogP contribution in [0.5, 0.6) is 0 Å². The maximum atomic E-state index is 6.04. The highest BCUT2D eigenvalue weighted by Gasteiger charge is 2.60. The summed E-state index contributed by atoms with van der Waals surface area (Å²) in [4.78, 5) is 0. The van der Waals surface area contributed by atoms with Gasteiger partial charge in [0.05, 0.1) is 13.2 Å². The van der Waals surface area contributed by atoms with Gasteiger partial charge in [-0.25, -0.2) is 0 Å². The molecule has 3 aliphatic heterocycles. The Morgan fingerprint density at radius 1 is 1.10 bits per heavy atom. The molecule has 3 heterocycles. The van der Waals surface area contributed by atoms with Crippen molar-refractivity contribution in [3.8, 4) is 0 Å². The zero-order valence-electron chi connectivity index (χ0n) is 11.6. The average molecular weight is 290 g/mol. The molecule has 0 amide bonds. The summed E-state index contributed by atoms with van der Waals surface area (Å²) in [7, 11) is 0. The number of benzene rings is 1. The van der Waals surface area contributed by atoms with Crippen LogP contribution in [0.2, 0.25) is 0 Å². The molecule has 0 spiro atoms. The highest BCUT2D eigenvalue weighted by molar-refractivity contribution is 5.17. The van der Waals surface area contributed by atoms with Gasteiger partial charge in [0.1, 0.15) is 24.4 Å². The largest absolute Gasteiger partial charge is 0.361 e. The molecule has 0 saturated carbocycles. The second-order valence-electron chi connectivity index (χ2n) is 5.41. The van der Waals surface area contributed by atoms with Crippen LogP contribution in [0, 0.1) is 0 Å². The van der Waals surface area contributed by atoms with Crippen LogP contribution in [0.1, 0.15) is 11.9 Å². The second-order valence-corrected chi connectivity index (χ2v) is 5.41. The number of ether oxygens (including phenoxy) is 5. The maximum absolute atomic E-state index is 6.04. The van der Waals surface area contributed by atoms with Crippen LogP contribution in [-0.2, 0) is 23.7 Å². The highest BCUT2D eigenvalue weighted by atomic mass is 16.8. The van der Waals surface area contributed by atoms with Crippen molar-refractivity contribution in [3.05, 3.63) is 48.6 Å². The van der Waals surface area contributed by atoms with Crippen molar-refractivity contribution in [1.82, 2.24) is 0 Å². The van der Waals surface area contributed by atoms with Gasteiger partial charge in [-0.15, -0.1) is 6.58 Å². The summed E-state index contributed by atoms with van der Waals surface area (Å²) >= 11 is 0. The Balaban J connectivity index is 1.43. The van der Waals surface area contributed by atoms with Crippen LogP contribution >= 0.6 is 0 Å². The number of hydrogen-bond acceptors (Lipinski definition) is 5. The van der Waals surface area contributed by atoms with Crippen molar-refractivity contribution < 1.29 is 23.7 Å². The van der Waals surface area contributed by atoms with Gasteiger partial charge in [0.25, 0.3) is 0 Å². The van der Waals surface area contributed by atoms with E-state index in [0.717, 1.165) is 5.56 Å². The van der Waals surface area contributed by atoms with Gasteiger partial charge in [-0.05, 0) is 0 Å². The molecule has 112 valence electrons. The fourth-order valence-electron chi connectivity index (χ4n) is 2.90. The van der Waals surface area contributed by atoms with E-state index in [9.17, 15) is 0 Å². The Morgan fingerprint density at radius 2 is 1.95 bits per heavy atom. The maximum Gasteiger partial charge on any atom is 0.187 e. The molecule has 0 bridgehead atoms. The first-order valence-corrected chi connectivity index (χ1v) is 7.22. The lowest BCUT2D eigenvalue weighted by molar-refractivity contribution is -0.306. The topological polar surface area (TPSA) is 49.5 Å². The standard InChI is InChI=1S/C16H18O5/c1-2-8-17-16-14-13(20-14)12-11(19-16)9-18-15(21-12)10-6-4-3-5-7-10/h2-7,11-16H,1,8-9H2/t11-,12-,13+,14+,15-,16-/m1/s1. The van der Waals surface area contributed by atoms with Crippen LogP contribution < -0.4 is 0 Å². The Kier molecular flexibility index (Phi) is 3.52. The van der Waals surface area contributed by atoms with Crippen LogP contribution in [0.15, 0.2) is 43.0 Å². The number of rotatable bonds is 4. The SMILES string of the molecule is C=CCO[C@@H]1O[C@@H]2CO[C@@H](c3ccccc3)O[C@H]2[C@@H]2O[C@H]12. The van der Waals surface area contributed by atoms with Gasteiger partial charge in [0, 0.05) is 5.56 Å². The van der Waals surface area contributed by atoms with Crippen molar-refractivity contribution >= 4 is 0 Å². The lowest BCUT2D eigenvalue weighted by Gasteiger charge is -2.39. The van der Waals surface area contributed by atoms with Crippen molar-refractivity contribution in [3.63, 3.8) is 0 Å². The minimum Gasteiger partial charge on any atom is -0.361 e. The molecule has 3 fully saturated rings. The fraction of sp³-hybridized carbons (Fsp3) is 0.500. The molecular formula is C16H18O5. The molecule has 5 nitrogen and oxygen atoms in total. The third-order valence-corrected chi connectivity index (χ3v) is 3.97. The highest BCUT2D eigenvalue weighted by Crippen LogP contribution is 2.43. The van der Waals surface area contributed by atoms with E-state index in [0.29, 0.717) is 13.2 Å². The van der Waals surface area contributed by atoms with Gasteiger partial charge in [-0.3, -0.25) is 0 Å². The third kappa shape index (κ3) is 2.52. The summed E-state index contributed by atoms with van der Waals surface area (Å²) in [6, 6.07) is 9.91. The van der Waals surface area contributed by atoms with Crippen LogP contribution in [0.4, 0.5) is 0 Å². The molecule has 21 heavy (non-hydrogen) atoms. The van der Waals surface area contributed by atoms with Crippen molar-refractivity contribution in [1.29, 1.82) is 0 Å². The average Bonchev–Trinajstić information content (AvgIpc) is 3.34. The summed E-state index contributed by atoms with van der Waals surface area (Å²) in [6.07, 6.45) is 0.739. The summed E-state index contributed by atoms with van der Waals surface area (Å²) in [6.45, 7) is 4.56. The molecule has 6 atom stereocenters. The van der Waals surface area contributed by atoms with Gasteiger partial charge >= 0.3 is 0 Å². The molecule has 1 aromatic rings. The Morgan fingerprint density at radius 3 is 2.76 bits per heavy atom. The van der Waals surface area contributed by atoms with Gasteiger partial charge < -0.3 is 23.7 Å². The predicted molar refractivity (Wildman–Crippen MR) is 73.5 cm³/mol. The van der Waals surface area contributed by atoms with E-state index in [-0.39, 0.29) is 37.0 Å². The van der Waals surface area contributed by atoms with E-state index in [1.54, 1.807) is 6.08 Å².